The number of allylic oxidation sites excluding steroid dienone is 7. The summed E-state index contributed by atoms with van der Waals surface area (Å²) < 4.78 is 39.9. The number of alkyl halides is 3. The molecule has 9 heteroatoms. The summed E-state index contributed by atoms with van der Waals surface area (Å²) in [5.41, 5.74) is 8.33. The zero-order chi connectivity index (χ0) is 38.0. The standard InChI is InChI=1S/C35H50ClF3N2.C6H11NO2/c1-11-26(7)22-34(12-2)29(10)41(32-17-14-13-16-30(32)34)23-33(25(5)6)40(21-15-20-35(37,38)39)31(19-18-27(8)36)28(9)24(3)4;1-4(8)7-5-2-6(9)3-5/h13-14,16-19,26H,10-12,15,20-23H2,1-9H3;5-6,9H,2-3H2,1H3,(H,7,8)/b27-18+,31-19+;. The Morgan fingerprint density at radius 1 is 1.10 bits per heavy atom. The third kappa shape index (κ3) is 11.8. The number of aliphatic hydroxyl groups is 1. The van der Waals surface area contributed by atoms with E-state index in [2.05, 4.69) is 66.7 Å². The first-order valence-electron chi connectivity index (χ1n) is 18.0. The van der Waals surface area contributed by atoms with E-state index in [0.717, 1.165) is 71.6 Å². The molecule has 280 valence electrons. The molecule has 1 heterocycles. The fourth-order valence-electron chi connectivity index (χ4n) is 6.72. The van der Waals surface area contributed by atoms with Gasteiger partial charge >= 0.3 is 6.18 Å². The van der Waals surface area contributed by atoms with E-state index in [4.69, 9.17) is 16.7 Å². The number of para-hydroxylation sites is 1. The molecule has 2 unspecified atom stereocenters. The van der Waals surface area contributed by atoms with Crippen LogP contribution < -0.4 is 10.2 Å². The maximum atomic E-state index is 13.3. The Bertz CT molecular complexity index is 1440. The molecule has 1 aliphatic carbocycles. The van der Waals surface area contributed by atoms with Crippen molar-refractivity contribution in [3.63, 3.8) is 0 Å². The van der Waals surface area contributed by atoms with Crippen molar-refractivity contribution < 1.29 is 23.1 Å². The second-order valence-corrected chi connectivity index (χ2v) is 15.1. The van der Waals surface area contributed by atoms with E-state index in [1.54, 1.807) is 6.92 Å². The summed E-state index contributed by atoms with van der Waals surface area (Å²) in [5.74, 6) is 0.522. The van der Waals surface area contributed by atoms with Crippen LogP contribution in [0, 0.1) is 5.92 Å². The number of fused-ring (bicyclic) bond motifs is 1. The highest BCUT2D eigenvalue weighted by Crippen LogP contribution is 2.53. The summed E-state index contributed by atoms with van der Waals surface area (Å²) in [6.07, 6.45) is 3.00. The lowest BCUT2D eigenvalue weighted by atomic mass is 9.71. The topological polar surface area (TPSA) is 55.8 Å². The highest BCUT2D eigenvalue weighted by molar-refractivity contribution is 6.29. The lowest BCUT2D eigenvalue weighted by Gasteiger charge is -2.38. The number of carbonyl (C=O) groups excluding carboxylic acids is 1. The van der Waals surface area contributed by atoms with Gasteiger partial charge in [-0.05, 0) is 109 Å². The van der Waals surface area contributed by atoms with Crippen LogP contribution in [-0.2, 0) is 10.2 Å². The number of benzene rings is 1. The first-order chi connectivity index (χ1) is 23.3. The van der Waals surface area contributed by atoms with Crippen LogP contribution in [0.5, 0.6) is 0 Å². The molecule has 2 aliphatic rings. The fraction of sp³-hybridized carbons (Fsp3) is 0.585. The molecule has 0 bridgehead atoms. The van der Waals surface area contributed by atoms with Gasteiger partial charge in [0, 0.05) is 59.2 Å². The molecule has 1 aliphatic heterocycles. The van der Waals surface area contributed by atoms with E-state index in [-0.39, 0.29) is 36.4 Å². The maximum Gasteiger partial charge on any atom is 0.389 e. The number of nitrogens with zero attached hydrogens (tertiary/aromatic N) is 2. The number of nitrogens with one attached hydrogen (secondary N) is 1. The summed E-state index contributed by atoms with van der Waals surface area (Å²) >= 11 is 6.23. The molecule has 1 aromatic rings. The molecule has 0 aromatic heterocycles. The van der Waals surface area contributed by atoms with E-state index < -0.39 is 12.6 Å². The van der Waals surface area contributed by atoms with Crippen molar-refractivity contribution in [3.8, 4) is 0 Å². The predicted octanol–water partition coefficient (Wildman–Crippen LogP) is 11.1. The van der Waals surface area contributed by atoms with Gasteiger partial charge in [-0.2, -0.15) is 13.2 Å². The lowest BCUT2D eigenvalue weighted by Crippen LogP contribution is -2.45. The highest BCUT2D eigenvalue weighted by Gasteiger charge is 2.45. The van der Waals surface area contributed by atoms with Crippen LogP contribution in [0.3, 0.4) is 0 Å². The van der Waals surface area contributed by atoms with Gasteiger partial charge in [-0.15, -0.1) is 0 Å². The minimum Gasteiger partial charge on any atom is -0.393 e. The second-order valence-electron chi connectivity index (χ2n) is 14.5. The van der Waals surface area contributed by atoms with E-state index >= 15 is 0 Å². The van der Waals surface area contributed by atoms with Crippen molar-refractivity contribution in [3.05, 3.63) is 87.4 Å². The molecule has 1 fully saturated rings. The van der Waals surface area contributed by atoms with E-state index in [0.29, 0.717) is 17.5 Å². The Labute approximate surface area is 305 Å². The number of hydrogen-bond acceptors (Lipinski definition) is 4. The first kappa shape index (κ1) is 43.2. The third-order valence-electron chi connectivity index (χ3n) is 10.1. The SMILES string of the molecule is C=C1N(CC(=C(C)C)N(CCCC(F)(F)F)/C(=C/C=C(\C)Cl)C(C)=C(C)C)c2ccccc2C1(CC)CC(C)CC.CC(=O)NC1CC(O)C1. The van der Waals surface area contributed by atoms with Crippen LogP contribution >= 0.6 is 11.6 Å². The molecule has 2 atom stereocenters. The summed E-state index contributed by atoms with van der Waals surface area (Å²) in [4.78, 5) is 14.7. The number of aliphatic hydroxyl groups excluding tert-OH is 1. The minimum absolute atomic E-state index is 0.00750. The molecule has 0 spiro atoms. The largest absolute Gasteiger partial charge is 0.393 e. The Hall–Kier alpha value is -2.97. The molecule has 0 saturated heterocycles. The monoisotopic (exact) mass is 719 g/mol. The average Bonchev–Trinajstić information content (AvgIpc) is 3.24. The van der Waals surface area contributed by atoms with Crippen LogP contribution in [0.4, 0.5) is 18.9 Å². The normalized spacial score (nSPS) is 21.0. The summed E-state index contributed by atoms with van der Waals surface area (Å²) in [6, 6.07) is 8.77. The van der Waals surface area contributed by atoms with Crippen molar-refractivity contribution in [2.75, 3.05) is 18.0 Å². The number of anilines is 1. The number of amides is 1. The van der Waals surface area contributed by atoms with Crippen LogP contribution in [0.25, 0.3) is 0 Å². The molecule has 0 radical (unpaired) electrons. The molecular formula is C41H61ClF3N3O2. The Morgan fingerprint density at radius 3 is 2.20 bits per heavy atom. The molecule has 3 rings (SSSR count). The number of rotatable bonds is 14. The van der Waals surface area contributed by atoms with Crippen LogP contribution in [0.2, 0.25) is 0 Å². The van der Waals surface area contributed by atoms with Crippen LogP contribution in [-0.4, -0.2) is 47.3 Å². The van der Waals surface area contributed by atoms with Gasteiger partial charge in [0.25, 0.3) is 0 Å². The first-order valence-corrected chi connectivity index (χ1v) is 18.4. The van der Waals surface area contributed by atoms with Gasteiger partial charge in [0.1, 0.15) is 0 Å². The van der Waals surface area contributed by atoms with Gasteiger partial charge in [0.2, 0.25) is 5.91 Å². The van der Waals surface area contributed by atoms with Gasteiger partial charge < -0.3 is 20.2 Å². The third-order valence-corrected chi connectivity index (χ3v) is 10.2. The van der Waals surface area contributed by atoms with Crippen molar-refractivity contribution in [1.29, 1.82) is 0 Å². The van der Waals surface area contributed by atoms with E-state index in [1.807, 2.05) is 46.8 Å². The van der Waals surface area contributed by atoms with Gasteiger partial charge in [-0.25, -0.2) is 0 Å². The highest BCUT2D eigenvalue weighted by atomic mass is 35.5. The molecular weight excluding hydrogens is 659 g/mol. The second kappa shape index (κ2) is 19.0. The summed E-state index contributed by atoms with van der Waals surface area (Å²) in [5, 5.41) is 12.1. The van der Waals surface area contributed by atoms with Gasteiger partial charge in [0.15, 0.2) is 0 Å². The molecule has 1 aromatic carbocycles. The minimum atomic E-state index is -4.21. The lowest BCUT2D eigenvalue weighted by molar-refractivity contribution is -0.135. The van der Waals surface area contributed by atoms with Crippen LogP contribution in [0.15, 0.2) is 81.8 Å². The van der Waals surface area contributed by atoms with E-state index in [1.165, 1.54) is 12.5 Å². The molecule has 5 nitrogen and oxygen atoms in total. The number of halogens is 4. The van der Waals surface area contributed by atoms with Crippen molar-refractivity contribution in [1.82, 2.24) is 10.2 Å². The number of hydrogen-bond donors (Lipinski definition) is 2. The Kier molecular flexibility index (Phi) is 16.4. The van der Waals surface area contributed by atoms with Crippen molar-refractivity contribution in [2.24, 2.45) is 5.92 Å². The molecule has 2 N–H and O–H groups in total. The van der Waals surface area contributed by atoms with Crippen molar-refractivity contribution in [2.45, 2.75) is 138 Å². The quantitative estimate of drug-likeness (QED) is 0.188. The predicted molar refractivity (Wildman–Crippen MR) is 204 cm³/mol. The summed E-state index contributed by atoms with van der Waals surface area (Å²) in [6.45, 7) is 25.7. The molecule has 50 heavy (non-hydrogen) atoms. The van der Waals surface area contributed by atoms with Gasteiger partial charge in [-0.3, -0.25) is 4.79 Å². The Balaban J connectivity index is 0.000000831. The Morgan fingerprint density at radius 2 is 1.72 bits per heavy atom. The smallest absolute Gasteiger partial charge is 0.389 e. The summed E-state index contributed by atoms with van der Waals surface area (Å²) in [7, 11) is 0. The average molecular weight is 720 g/mol. The van der Waals surface area contributed by atoms with E-state index in [9.17, 15) is 18.0 Å². The van der Waals surface area contributed by atoms with Gasteiger partial charge in [-0.1, -0.05) is 74.7 Å². The van der Waals surface area contributed by atoms with Crippen LogP contribution in [0.1, 0.15) is 120 Å². The molecule has 1 saturated carbocycles. The van der Waals surface area contributed by atoms with Gasteiger partial charge in [0.05, 0.1) is 12.6 Å². The maximum absolute atomic E-state index is 13.3. The molecule has 1 amide bonds. The number of carbonyl (C=O) groups is 1. The van der Waals surface area contributed by atoms with Crippen molar-refractivity contribution >= 4 is 23.2 Å². The zero-order valence-electron chi connectivity index (χ0n) is 32.0. The zero-order valence-corrected chi connectivity index (χ0v) is 32.8. The fourth-order valence-corrected chi connectivity index (χ4v) is 6.78.